The molecule has 2 rings (SSSR count). The highest BCUT2D eigenvalue weighted by Gasteiger charge is 2.07. The largest absolute Gasteiger partial charge is 0.493 e. The first-order valence-corrected chi connectivity index (χ1v) is 6.32. The molecular formula is C16H16O4. The third-order valence-corrected chi connectivity index (χ3v) is 2.97. The van der Waals surface area contributed by atoms with E-state index in [-0.39, 0.29) is 5.56 Å². The van der Waals surface area contributed by atoms with E-state index < -0.39 is 5.97 Å². The normalized spacial score (nSPS) is 10.1. The molecule has 0 aliphatic rings. The van der Waals surface area contributed by atoms with Gasteiger partial charge in [-0.3, -0.25) is 0 Å². The maximum absolute atomic E-state index is 10.8. The molecule has 0 aliphatic heterocycles. The van der Waals surface area contributed by atoms with Crippen molar-refractivity contribution in [2.45, 2.75) is 13.3 Å². The lowest BCUT2D eigenvalue weighted by Crippen LogP contribution is -1.96. The second kappa shape index (κ2) is 6.10. The number of carbonyl (C=O) groups is 1. The minimum atomic E-state index is -0.957. The van der Waals surface area contributed by atoms with Crippen molar-refractivity contribution < 1.29 is 19.4 Å². The van der Waals surface area contributed by atoms with Crippen LogP contribution in [0, 0.1) is 0 Å². The van der Waals surface area contributed by atoms with E-state index >= 15 is 0 Å². The Kier molecular flexibility index (Phi) is 4.25. The van der Waals surface area contributed by atoms with Crippen LogP contribution in [0.2, 0.25) is 0 Å². The van der Waals surface area contributed by atoms with Crippen molar-refractivity contribution >= 4 is 5.97 Å². The van der Waals surface area contributed by atoms with Crippen LogP contribution in [-0.2, 0) is 6.42 Å². The van der Waals surface area contributed by atoms with Crippen molar-refractivity contribution in [3.63, 3.8) is 0 Å². The van der Waals surface area contributed by atoms with Gasteiger partial charge in [0.2, 0.25) is 0 Å². The Labute approximate surface area is 117 Å². The smallest absolute Gasteiger partial charge is 0.335 e. The van der Waals surface area contributed by atoms with E-state index in [4.69, 9.17) is 14.6 Å². The van der Waals surface area contributed by atoms with Gasteiger partial charge in [0.15, 0.2) is 11.5 Å². The van der Waals surface area contributed by atoms with Gasteiger partial charge in [-0.1, -0.05) is 13.0 Å². The van der Waals surface area contributed by atoms with Crippen molar-refractivity contribution in [1.29, 1.82) is 0 Å². The Balaban J connectivity index is 2.23. The SMILES string of the molecule is CCc1ccc(Oc2ccc(C(=O)O)cc2)c(OC)c1. The van der Waals surface area contributed by atoms with Gasteiger partial charge in [0.1, 0.15) is 5.75 Å². The van der Waals surface area contributed by atoms with Gasteiger partial charge in [0.25, 0.3) is 0 Å². The Hall–Kier alpha value is -2.49. The molecule has 104 valence electrons. The highest BCUT2D eigenvalue weighted by atomic mass is 16.5. The first-order valence-electron chi connectivity index (χ1n) is 6.32. The van der Waals surface area contributed by atoms with Crippen LogP contribution in [0.15, 0.2) is 42.5 Å². The Morgan fingerprint density at radius 2 is 1.80 bits per heavy atom. The molecule has 0 aromatic heterocycles. The number of aromatic carboxylic acids is 1. The number of hydrogen-bond donors (Lipinski definition) is 1. The Morgan fingerprint density at radius 1 is 1.10 bits per heavy atom. The van der Waals surface area contributed by atoms with Gasteiger partial charge in [0, 0.05) is 0 Å². The molecule has 0 aliphatic carbocycles. The Morgan fingerprint density at radius 3 is 2.35 bits per heavy atom. The first kappa shape index (κ1) is 13.9. The molecule has 0 fully saturated rings. The van der Waals surface area contributed by atoms with Crippen LogP contribution in [-0.4, -0.2) is 18.2 Å². The molecule has 2 aromatic rings. The maximum Gasteiger partial charge on any atom is 0.335 e. The fourth-order valence-corrected chi connectivity index (χ4v) is 1.81. The molecule has 0 atom stereocenters. The van der Waals surface area contributed by atoms with Gasteiger partial charge in [-0.15, -0.1) is 0 Å². The third kappa shape index (κ3) is 3.09. The molecule has 2 aromatic carbocycles. The average molecular weight is 272 g/mol. The fourth-order valence-electron chi connectivity index (χ4n) is 1.81. The van der Waals surface area contributed by atoms with E-state index in [9.17, 15) is 4.79 Å². The average Bonchev–Trinajstić information content (AvgIpc) is 2.48. The van der Waals surface area contributed by atoms with E-state index in [1.54, 1.807) is 19.2 Å². The van der Waals surface area contributed by atoms with Crippen LogP contribution in [0.4, 0.5) is 0 Å². The summed E-state index contributed by atoms with van der Waals surface area (Å²) >= 11 is 0. The molecule has 0 unspecified atom stereocenters. The van der Waals surface area contributed by atoms with Gasteiger partial charge in [-0.25, -0.2) is 4.79 Å². The molecule has 0 spiro atoms. The standard InChI is InChI=1S/C16H16O4/c1-3-11-4-9-14(15(10-11)19-2)20-13-7-5-12(6-8-13)16(17)18/h4-10H,3H2,1-2H3,(H,17,18). The molecule has 20 heavy (non-hydrogen) atoms. The highest BCUT2D eigenvalue weighted by Crippen LogP contribution is 2.32. The predicted molar refractivity (Wildman–Crippen MR) is 75.8 cm³/mol. The highest BCUT2D eigenvalue weighted by molar-refractivity contribution is 5.87. The van der Waals surface area contributed by atoms with Crippen molar-refractivity contribution in [2.24, 2.45) is 0 Å². The number of rotatable bonds is 5. The minimum Gasteiger partial charge on any atom is -0.493 e. The topological polar surface area (TPSA) is 55.8 Å². The minimum absolute atomic E-state index is 0.227. The number of ether oxygens (including phenoxy) is 2. The molecule has 0 amide bonds. The van der Waals surface area contributed by atoms with Gasteiger partial charge < -0.3 is 14.6 Å². The number of carboxylic acids is 1. The zero-order chi connectivity index (χ0) is 14.5. The van der Waals surface area contributed by atoms with Crippen LogP contribution in [0.25, 0.3) is 0 Å². The molecule has 1 N–H and O–H groups in total. The summed E-state index contributed by atoms with van der Waals surface area (Å²) < 4.78 is 11.0. The zero-order valence-corrected chi connectivity index (χ0v) is 11.4. The maximum atomic E-state index is 10.8. The number of hydrogen-bond acceptors (Lipinski definition) is 3. The van der Waals surface area contributed by atoms with Crippen molar-refractivity contribution in [3.05, 3.63) is 53.6 Å². The van der Waals surface area contributed by atoms with Crippen LogP contribution >= 0.6 is 0 Å². The van der Waals surface area contributed by atoms with Crippen molar-refractivity contribution in [3.8, 4) is 17.2 Å². The first-order chi connectivity index (χ1) is 9.63. The summed E-state index contributed by atoms with van der Waals surface area (Å²) in [6, 6.07) is 12.0. The number of benzene rings is 2. The second-order valence-electron chi connectivity index (χ2n) is 4.27. The summed E-state index contributed by atoms with van der Waals surface area (Å²) in [7, 11) is 1.59. The van der Waals surface area contributed by atoms with E-state index in [1.807, 2.05) is 18.2 Å². The van der Waals surface area contributed by atoms with Gasteiger partial charge in [0.05, 0.1) is 12.7 Å². The predicted octanol–water partition coefficient (Wildman–Crippen LogP) is 3.75. The molecule has 0 saturated heterocycles. The number of aryl methyl sites for hydroxylation is 1. The fraction of sp³-hybridized carbons (Fsp3) is 0.188. The molecule has 0 saturated carbocycles. The van der Waals surface area contributed by atoms with E-state index in [0.29, 0.717) is 17.2 Å². The molecule has 0 bridgehead atoms. The van der Waals surface area contributed by atoms with Gasteiger partial charge in [-0.05, 0) is 48.4 Å². The Bertz CT molecular complexity index is 602. The lowest BCUT2D eigenvalue weighted by Gasteiger charge is -2.11. The quantitative estimate of drug-likeness (QED) is 0.900. The monoisotopic (exact) mass is 272 g/mol. The molecule has 0 heterocycles. The summed E-state index contributed by atoms with van der Waals surface area (Å²) in [5.74, 6) is 0.874. The van der Waals surface area contributed by atoms with E-state index in [0.717, 1.165) is 12.0 Å². The third-order valence-electron chi connectivity index (χ3n) is 2.97. The molecule has 4 heteroatoms. The lowest BCUT2D eigenvalue weighted by atomic mass is 10.1. The molecular weight excluding hydrogens is 256 g/mol. The van der Waals surface area contributed by atoms with Crippen molar-refractivity contribution in [1.82, 2.24) is 0 Å². The van der Waals surface area contributed by atoms with Crippen LogP contribution in [0.5, 0.6) is 17.2 Å². The van der Waals surface area contributed by atoms with E-state index in [2.05, 4.69) is 6.92 Å². The van der Waals surface area contributed by atoms with Crippen LogP contribution < -0.4 is 9.47 Å². The second-order valence-corrected chi connectivity index (χ2v) is 4.27. The summed E-state index contributed by atoms with van der Waals surface area (Å²) in [4.78, 5) is 10.8. The zero-order valence-electron chi connectivity index (χ0n) is 11.4. The lowest BCUT2D eigenvalue weighted by molar-refractivity contribution is 0.0697. The van der Waals surface area contributed by atoms with E-state index in [1.165, 1.54) is 12.1 Å². The summed E-state index contributed by atoms with van der Waals surface area (Å²) in [6.45, 7) is 2.07. The summed E-state index contributed by atoms with van der Waals surface area (Å²) in [5.41, 5.74) is 1.39. The molecule has 0 radical (unpaired) electrons. The number of methoxy groups -OCH3 is 1. The van der Waals surface area contributed by atoms with Crippen molar-refractivity contribution in [2.75, 3.05) is 7.11 Å². The number of carboxylic acid groups (broad SMARTS) is 1. The summed E-state index contributed by atoms with van der Waals surface area (Å²) in [6.07, 6.45) is 0.921. The van der Waals surface area contributed by atoms with Crippen LogP contribution in [0.1, 0.15) is 22.8 Å². The summed E-state index contributed by atoms with van der Waals surface area (Å²) in [5, 5.41) is 8.84. The van der Waals surface area contributed by atoms with Crippen LogP contribution in [0.3, 0.4) is 0 Å². The molecule has 4 nitrogen and oxygen atoms in total. The van der Waals surface area contributed by atoms with Gasteiger partial charge in [-0.2, -0.15) is 0 Å². The van der Waals surface area contributed by atoms with Gasteiger partial charge >= 0.3 is 5.97 Å².